The Balaban J connectivity index is 1.80. The zero-order chi connectivity index (χ0) is 13.7. The lowest BCUT2D eigenvalue weighted by Gasteiger charge is -2.22. The van der Waals surface area contributed by atoms with Gasteiger partial charge in [-0.15, -0.1) is 0 Å². The summed E-state index contributed by atoms with van der Waals surface area (Å²) in [7, 11) is 0. The third-order valence-electron chi connectivity index (χ3n) is 3.32. The Morgan fingerprint density at radius 1 is 1.32 bits per heavy atom. The number of rotatable bonds is 4. The lowest BCUT2D eigenvalue weighted by molar-refractivity contribution is -0.116. The van der Waals surface area contributed by atoms with Crippen molar-refractivity contribution in [3.8, 4) is 0 Å². The highest BCUT2D eigenvalue weighted by atomic mass is 35.5. The molecule has 5 heteroatoms. The van der Waals surface area contributed by atoms with Crippen LogP contribution in [0.1, 0.15) is 25.7 Å². The Kier molecular flexibility index (Phi) is 5.49. The summed E-state index contributed by atoms with van der Waals surface area (Å²) in [6.45, 7) is 2.12. The molecule has 2 rings (SSSR count). The first-order valence-corrected chi connectivity index (χ1v) is 7.36. The van der Waals surface area contributed by atoms with Crippen molar-refractivity contribution in [1.29, 1.82) is 0 Å². The molecule has 2 N–H and O–H groups in total. The third-order valence-corrected chi connectivity index (χ3v) is 3.76. The van der Waals surface area contributed by atoms with E-state index in [1.165, 1.54) is 12.8 Å². The molecule has 1 atom stereocenters. The largest absolute Gasteiger partial charge is 0.326 e. The smallest absolute Gasteiger partial charge is 0.224 e. The number of halogens is 2. The number of hydrogen-bond donors (Lipinski definition) is 2. The normalized spacial score (nSPS) is 19.2. The zero-order valence-corrected chi connectivity index (χ0v) is 12.2. The van der Waals surface area contributed by atoms with Gasteiger partial charge in [0.05, 0.1) is 0 Å². The number of anilines is 1. The maximum absolute atomic E-state index is 11.9. The minimum atomic E-state index is 0.0175. The molecule has 0 aromatic heterocycles. The van der Waals surface area contributed by atoms with E-state index in [4.69, 9.17) is 23.2 Å². The average Bonchev–Trinajstić information content (AvgIpc) is 2.36. The van der Waals surface area contributed by atoms with E-state index in [0.29, 0.717) is 28.1 Å². The third kappa shape index (κ3) is 5.01. The van der Waals surface area contributed by atoms with Gasteiger partial charge in [0.1, 0.15) is 0 Å². The molecule has 0 radical (unpaired) electrons. The van der Waals surface area contributed by atoms with Gasteiger partial charge in [-0.05, 0) is 56.5 Å². The number of carbonyl (C=O) groups excluding carboxylic acids is 1. The van der Waals surface area contributed by atoms with Crippen LogP contribution in [0.4, 0.5) is 5.69 Å². The summed E-state index contributed by atoms with van der Waals surface area (Å²) in [5, 5.41) is 7.25. The molecule has 104 valence electrons. The van der Waals surface area contributed by atoms with Crippen LogP contribution in [0.15, 0.2) is 18.2 Å². The van der Waals surface area contributed by atoms with Crippen molar-refractivity contribution in [3.05, 3.63) is 28.2 Å². The molecular weight excluding hydrogens is 283 g/mol. The van der Waals surface area contributed by atoms with Crippen LogP contribution in [0.25, 0.3) is 0 Å². The van der Waals surface area contributed by atoms with Crippen LogP contribution < -0.4 is 10.6 Å². The van der Waals surface area contributed by atoms with Gasteiger partial charge in [0.25, 0.3) is 0 Å². The Bertz CT molecular complexity index is 425. The Hall–Kier alpha value is -0.770. The molecule has 1 fully saturated rings. The fourth-order valence-electron chi connectivity index (χ4n) is 2.36. The van der Waals surface area contributed by atoms with Crippen LogP contribution in [-0.2, 0) is 4.79 Å². The molecule has 1 aromatic carbocycles. The zero-order valence-electron chi connectivity index (χ0n) is 10.7. The molecule has 0 saturated carbocycles. The average molecular weight is 301 g/mol. The van der Waals surface area contributed by atoms with Gasteiger partial charge in [-0.3, -0.25) is 4.79 Å². The molecule has 1 amide bonds. The van der Waals surface area contributed by atoms with Crippen molar-refractivity contribution in [3.63, 3.8) is 0 Å². The fourth-order valence-corrected chi connectivity index (χ4v) is 2.88. The first-order valence-electron chi connectivity index (χ1n) is 6.60. The van der Waals surface area contributed by atoms with Crippen molar-refractivity contribution in [2.24, 2.45) is 5.92 Å². The van der Waals surface area contributed by atoms with Crippen molar-refractivity contribution < 1.29 is 4.79 Å². The highest BCUT2D eigenvalue weighted by Crippen LogP contribution is 2.23. The second kappa shape index (κ2) is 7.13. The Morgan fingerprint density at radius 3 is 2.68 bits per heavy atom. The molecule has 0 bridgehead atoms. The maximum atomic E-state index is 11.9. The summed E-state index contributed by atoms with van der Waals surface area (Å²) in [5.41, 5.74) is 0.657. The van der Waals surface area contributed by atoms with Crippen molar-refractivity contribution in [2.75, 3.05) is 18.4 Å². The Morgan fingerprint density at radius 2 is 2.05 bits per heavy atom. The van der Waals surface area contributed by atoms with E-state index in [0.717, 1.165) is 19.5 Å². The highest BCUT2D eigenvalue weighted by molar-refractivity contribution is 6.35. The summed E-state index contributed by atoms with van der Waals surface area (Å²) >= 11 is 11.8. The molecule has 1 saturated heterocycles. The van der Waals surface area contributed by atoms with Gasteiger partial charge in [-0.2, -0.15) is 0 Å². The predicted molar refractivity (Wildman–Crippen MR) is 79.9 cm³/mol. The van der Waals surface area contributed by atoms with E-state index in [9.17, 15) is 4.79 Å². The van der Waals surface area contributed by atoms with E-state index >= 15 is 0 Å². The molecule has 1 heterocycles. The van der Waals surface area contributed by atoms with Gasteiger partial charge >= 0.3 is 0 Å². The summed E-state index contributed by atoms with van der Waals surface area (Å²) in [6, 6.07) is 5.05. The van der Waals surface area contributed by atoms with Crippen LogP contribution in [-0.4, -0.2) is 19.0 Å². The second-order valence-corrected chi connectivity index (χ2v) is 5.83. The van der Waals surface area contributed by atoms with Crippen LogP contribution >= 0.6 is 23.2 Å². The Labute approximate surface area is 123 Å². The standard InChI is InChI=1S/C14H18Cl2N2O/c15-11-6-12(16)8-13(7-11)18-14(19)4-3-10-2-1-5-17-9-10/h6-8,10,17H,1-5,9H2,(H,18,19). The molecule has 1 aliphatic rings. The van der Waals surface area contributed by atoms with Crippen molar-refractivity contribution in [1.82, 2.24) is 5.32 Å². The summed E-state index contributed by atoms with van der Waals surface area (Å²) < 4.78 is 0. The van der Waals surface area contributed by atoms with Crippen LogP contribution in [0.3, 0.4) is 0 Å². The van der Waals surface area contributed by atoms with Crippen LogP contribution in [0.2, 0.25) is 10.0 Å². The topological polar surface area (TPSA) is 41.1 Å². The van der Waals surface area contributed by atoms with E-state index in [1.54, 1.807) is 18.2 Å². The summed E-state index contributed by atoms with van der Waals surface area (Å²) in [5.74, 6) is 0.631. The molecule has 0 aliphatic carbocycles. The van der Waals surface area contributed by atoms with E-state index in [-0.39, 0.29) is 5.91 Å². The maximum Gasteiger partial charge on any atom is 0.224 e. The number of nitrogens with one attached hydrogen (secondary N) is 2. The highest BCUT2D eigenvalue weighted by Gasteiger charge is 2.14. The predicted octanol–water partition coefficient (Wildman–Crippen LogP) is 3.71. The number of piperidine rings is 1. The molecule has 1 aliphatic heterocycles. The quantitative estimate of drug-likeness (QED) is 0.890. The minimum Gasteiger partial charge on any atom is -0.326 e. The van der Waals surface area contributed by atoms with E-state index in [2.05, 4.69) is 10.6 Å². The van der Waals surface area contributed by atoms with Gasteiger partial charge in [0.2, 0.25) is 5.91 Å². The molecule has 19 heavy (non-hydrogen) atoms. The minimum absolute atomic E-state index is 0.0175. The molecular formula is C14H18Cl2N2O. The van der Waals surface area contributed by atoms with E-state index < -0.39 is 0 Å². The van der Waals surface area contributed by atoms with Gasteiger partial charge < -0.3 is 10.6 Å². The monoisotopic (exact) mass is 300 g/mol. The lowest BCUT2D eigenvalue weighted by atomic mass is 9.94. The fraction of sp³-hybridized carbons (Fsp3) is 0.500. The first kappa shape index (κ1) is 14.6. The number of benzene rings is 1. The van der Waals surface area contributed by atoms with Gasteiger partial charge in [0, 0.05) is 22.2 Å². The summed E-state index contributed by atoms with van der Waals surface area (Å²) in [6.07, 6.45) is 3.88. The lowest BCUT2D eigenvalue weighted by Crippen LogP contribution is -2.30. The number of amides is 1. The molecule has 1 unspecified atom stereocenters. The molecule has 0 spiro atoms. The number of hydrogen-bond acceptors (Lipinski definition) is 2. The van der Waals surface area contributed by atoms with E-state index in [1.807, 2.05) is 0 Å². The van der Waals surface area contributed by atoms with Crippen LogP contribution in [0, 0.1) is 5.92 Å². The number of carbonyl (C=O) groups is 1. The first-order chi connectivity index (χ1) is 9.13. The molecule has 1 aromatic rings. The SMILES string of the molecule is O=C(CCC1CCCNC1)Nc1cc(Cl)cc(Cl)c1. The second-order valence-electron chi connectivity index (χ2n) is 4.96. The van der Waals surface area contributed by atoms with Crippen molar-refractivity contribution in [2.45, 2.75) is 25.7 Å². The summed E-state index contributed by atoms with van der Waals surface area (Å²) in [4.78, 5) is 11.9. The van der Waals surface area contributed by atoms with Crippen LogP contribution in [0.5, 0.6) is 0 Å². The van der Waals surface area contributed by atoms with Crippen molar-refractivity contribution >= 4 is 34.8 Å². The van der Waals surface area contributed by atoms with Gasteiger partial charge in [-0.25, -0.2) is 0 Å². The molecule has 3 nitrogen and oxygen atoms in total. The van der Waals surface area contributed by atoms with Gasteiger partial charge in [-0.1, -0.05) is 23.2 Å². The van der Waals surface area contributed by atoms with Gasteiger partial charge in [0.15, 0.2) is 0 Å².